The van der Waals surface area contributed by atoms with E-state index in [9.17, 15) is 13.2 Å². The molecule has 0 saturated heterocycles. The van der Waals surface area contributed by atoms with Gasteiger partial charge in [-0.1, -0.05) is 0 Å². The molecule has 1 aliphatic carbocycles. The summed E-state index contributed by atoms with van der Waals surface area (Å²) >= 11 is 0. The molecule has 0 aromatic heterocycles. The molecule has 0 radical (unpaired) electrons. The molecule has 0 bridgehead atoms. The highest BCUT2D eigenvalue weighted by Gasteiger charge is 2.40. The molecule has 0 amide bonds. The Balaban J connectivity index is 2.93. The normalized spacial score (nSPS) is 24.3. The van der Waals surface area contributed by atoms with E-state index < -0.39 is 19.8 Å². The summed E-state index contributed by atoms with van der Waals surface area (Å²) < 4.78 is 23.3. The molecule has 1 saturated carbocycles. The summed E-state index contributed by atoms with van der Waals surface area (Å²) in [6.07, 6.45) is 0.637. The largest absolute Gasteiger partial charge is 0.302 e. The highest BCUT2D eigenvalue weighted by Crippen LogP contribution is 2.28. The Morgan fingerprint density at radius 3 is 2.27 bits per heavy atom. The Bertz CT molecular complexity index is 389. The summed E-state index contributed by atoms with van der Waals surface area (Å²) in [5.41, 5.74) is -0.0425. The molecular formula is C10H17NO3S. The van der Waals surface area contributed by atoms with Crippen molar-refractivity contribution in [1.29, 1.82) is 5.41 Å². The molecule has 0 aliphatic heterocycles. The van der Waals surface area contributed by atoms with Gasteiger partial charge in [-0.3, -0.25) is 4.79 Å². The molecule has 86 valence electrons. The summed E-state index contributed by atoms with van der Waals surface area (Å²) in [6.45, 7) is 4.97. The number of carbonyl (C=O) groups excluding carboxylic acids is 1. The van der Waals surface area contributed by atoms with E-state index in [1.165, 1.54) is 0 Å². The topological polar surface area (TPSA) is 75.1 Å². The maximum atomic E-state index is 12.1. The van der Waals surface area contributed by atoms with Gasteiger partial charge in [0.2, 0.25) is 0 Å². The van der Waals surface area contributed by atoms with Crippen molar-refractivity contribution in [3.05, 3.63) is 0 Å². The predicted octanol–water partition coefficient (Wildman–Crippen LogP) is 1.34. The van der Waals surface area contributed by atoms with Crippen LogP contribution in [-0.2, 0) is 14.6 Å². The first-order valence-electron chi connectivity index (χ1n) is 5.00. The number of Topliss-reactive ketones (excluding diaryl/α,β-unsaturated/α-hetero) is 1. The van der Waals surface area contributed by atoms with Crippen molar-refractivity contribution in [2.24, 2.45) is 0 Å². The molecule has 1 N–H and O–H groups in total. The third-order valence-corrected chi connectivity index (χ3v) is 5.74. The van der Waals surface area contributed by atoms with Crippen LogP contribution in [0, 0.1) is 5.41 Å². The van der Waals surface area contributed by atoms with E-state index in [0.717, 1.165) is 0 Å². The minimum absolute atomic E-state index is 0.0425. The molecule has 0 spiro atoms. The molecule has 1 atom stereocenters. The van der Waals surface area contributed by atoms with Gasteiger partial charge in [-0.05, 0) is 27.2 Å². The minimum Gasteiger partial charge on any atom is -0.302 e. The van der Waals surface area contributed by atoms with Crippen molar-refractivity contribution in [2.75, 3.05) is 0 Å². The second-order valence-electron chi connectivity index (χ2n) is 4.92. The molecule has 4 nitrogen and oxygen atoms in total. The third kappa shape index (κ3) is 2.27. The monoisotopic (exact) mass is 231 g/mol. The predicted molar refractivity (Wildman–Crippen MR) is 59.0 cm³/mol. The van der Waals surface area contributed by atoms with E-state index in [2.05, 4.69) is 0 Å². The summed E-state index contributed by atoms with van der Waals surface area (Å²) in [7, 11) is -3.25. The quantitative estimate of drug-likeness (QED) is 0.740. The Morgan fingerprint density at radius 2 is 1.87 bits per heavy atom. The average Bonchev–Trinajstić information content (AvgIpc) is 2.07. The molecule has 5 heteroatoms. The van der Waals surface area contributed by atoms with Gasteiger partial charge in [0, 0.05) is 12.8 Å². The van der Waals surface area contributed by atoms with E-state index in [0.29, 0.717) is 6.42 Å². The van der Waals surface area contributed by atoms with Crippen molar-refractivity contribution in [3.8, 4) is 0 Å². The first-order chi connectivity index (χ1) is 6.66. The van der Waals surface area contributed by atoms with Crippen LogP contribution >= 0.6 is 0 Å². The number of hydrogen-bond donors (Lipinski definition) is 1. The summed E-state index contributed by atoms with van der Waals surface area (Å²) in [6, 6.07) is 0. The zero-order chi connectivity index (χ0) is 11.9. The lowest BCUT2D eigenvalue weighted by atomic mass is 9.97. The summed E-state index contributed by atoms with van der Waals surface area (Å²) in [4.78, 5) is 11.1. The smallest absolute Gasteiger partial charge is 0.176 e. The lowest BCUT2D eigenvalue weighted by Gasteiger charge is -2.29. The number of carbonyl (C=O) groups is 1. The van der Waals surface area contributed by atoms with E-state index in [1.54, 1.807) is 20.8 Å². The SMILES string of the molecule is CC(C)(C)S(=O)(=O)C1CCC(=O)C(=N)C1. The fourth-order valence-electron chi connectivity index (χ4n) is 1.65. The Labute approximate surface area is 90.5 Å². The van der Waals surface area contributed by atoms with E-state index >= 15 is 0 Å². The average molecular weight is 231 g/mol. The molecule has 1 aliphatic rings. The van der Waals surface area contributed by atoms with Crippen LogP contribution in [0.5, 0.6) is 0 Å². The number of hydrogen-bond acceptors (Lipinski definition) is 4. The minimum atomic E-state index is -3.25. The first-order valence-corrected chi connectivity index (χ1v) is 6.55. The molecule has 15 heavy (non-hydrogen) atoms. The van der Waals surface area contributed by atoms with E-state index in [4.69, 9.17) is 5.41 Å². The van der Waals surface area contributed by atoms with E-state index in [1.807, 2.05) is 0 Å². The lowest BCUT2D eigenvalue weighted by molar-refractivity contribution is -0.113. The van der Waals surface area contributed by atoms with Crippen molar-refractivity contribution in [3.63, 3.8) is 0 Å². The first kappa shape index (κ1) is 12.4. The highest BCUT2D eigenvalue weighted by atomic mass is 32.2. The van der Waals surface area contributed by atoms with E-state index in [-0.39, 0.29) is 24.3 Å². The molecule has 0 aromatic carbocycles. The fraction of sp³-hybridized carbons (Fsp3) is 0.800. The standard InChI is InChI=1S/C10H17NO3S/c1-10(2,3)15(13,14)7-4-5-9(12)8(11)6-7/h7,11H,4-6H2,1-3H3. The molecule has 1 rings (SSSR count). The van der Waals surface area contributed by atoms with Gasteiger partial charge in [0.1, 0.15) is 0 Å². The second-order valence-corrected chi connectivity index (χ2v) is 7.91. The van der Waals surface area contributed by atoms with Crippen LogP contribution in [0.25, 0.3) is 0 Å². The fourth-order valence-corrected chi connectivity index (χ4v) is 3.47. The molecule has 1 fully saturated rings. The molecular weight excluding hydrogens is 214 g/mol. The van der Waals surface area contributed by atoms with Crippen molar-refractivity contribution >= 4 is 21.3 Å². The van der Waals surface area contributed by atoms with Gasteiger partial charge in [-0.25, -0.2) is 8.42 Å². The molecule has 1 unspecified atom stereocenters. The zero-order valence-electron chi connectivity index (χ0n) is 9.33. The number of rotatable bonds is 1. The van der Waals surface area contributed by atoms with Gasteiger partial charge in [-0.15, -0.1) is 0 Å². The van der Waals surface area contributed by atoms with Crippen molar-refractivity contribution < 1.29 is 13.2 Å². The number of sulfone groups is 1. The van der Waals surface area contributed by atoms with Gasteiger partial charge < -0.3 is 5.41 Å². The van der Waals surface area contributed by atoms with Crippen molar-refractivity contribution in [2.45, 2.75) is 50.0 Å². The van der Waals surface area contributed by atoms with Crippen LogP contribution in [0.15, 0.2) is 0 Å². The lowest BCUT2D eigenvalue weighted by Crippen LogP contribution is -2.41. The van der Waals surface area contributed by atoms with Gasteiger partial charge >= 0.3 is 0 Å². The molecule has 0 aromatic rings. The van der Waals surface area contributed by atoms with Gasteiger partial charge in [0.15, 0.2) is 15.6 Å². The van der Waals surface area contributed by atoms with Gasteiger partial charge in [0.25, 0.3) is 0 Å². The number of ketones is 1. The van der Waals surface area contributed by atoms with Crippen LogP contribution in [0.1, 0.15) is 40.0 Å². The maximum absolute atomic E-state index is 12.1. The van der Waals surface area contributed by atoms with Gasteiger partial charge in [-0.2, -0.15) is 0 Å². The summed E-state index contributed by atoms with van der Waals surface area (Å²) in [5.74, 6) is -0.213. The van der Waals surface area contributed by atoms with Crippen LogP contribution in [-0.4, -0.2) is 29.9 Å². The second kappa shape index (κ2) is 3.70. The number of nitrogens with one attached hydrogen (secondary N) is 1. The summed E-state index contributed by atoms with van der Waals surface area (Å²) in [5, 5.41) is 6.84. The Hall–Kier alpha value is -0.710. The highest BCUT2D eigenvalue weighted by molar-refractivity contribution is 7.93. The maximum Gasteiger partial charge on any atom is 0.176 e. The third-order valence-electron chi connectivity index (χ3n) is 2.75. The van der Waals surface area contributed by atoms with Crippen LogP contribution in [0.4, 0.5) is 0 Å². The Morgan fingerprint density at radius 1 is 1.33 bits per heavy atom. The van der Waals surface area contributed by atoms with Crippen LogP contribution in [0.2, 0.25) is 0 Å². The van der Waals surface area contributed by atoms with Crippen LogP contribution < -0.4 is 0 Å². The van der Waals surface area contributed by atoms with Crippen LogP contribution in [0.3, 0.4) is 0 Å². The Kier molecular flexibility index (Phi) is 3.05. The van der Waals surface area contributed by atoms with Gasteiger partial charge in [0.05, 0.1) is 15.7 Å². The molecule has 0 heterocycles. The zero-order valence-corrected chi connectivity index (χ0v) is 10.1. The van der Waals surface area contributed by atoms with Crippen molar-refractivity contribution in [1.82, 2.24) is 0 Å².